The van der Waals surface area contributed by atoms with Crippen LogP contribution >= 0.6 is 23.2 Å². The van der Waals surface area contributed by atoms with Crippen LogP contribution in [0.5, 0.6) is 0 Å². The second-order valence-electron chi connectivity index (χ2n) is 5.28. The van der Waals surface area contributed by atoms with Crippen molar-refractivity contribution in [3.63, 3.8) is 0 Å². The van der Waals surface area contributed by atoms with Crippen LogP contribution < -0.4 is 10.0 Å². The molecule has 2 N–H and O–H groups in total. The Labute approximate surface area is 136 Å². The third kappa shape index (κ3) is 4.83. The number of hydrogen-bond acceptors (Lipinski definition) is 3. The molecule has 1 aromatic rings. The summed E-state index contributed by atoms with van der Waals surface area (Å²) in [4.78, 5) is 0.0947. The number of nitrogens with one attached hydrogen (secondary N) is 2. The molecule has 0 bridgehead atoms. The summed E-state index contributed by atoms with van der Waals surface area (Å²) in [7, 11) is -3.59. The van der Waals surface area contributed by atoms with Crippen LogP contribution in [0.25, 0.3) is 0 Å². The minimum Gasteiger partial charge on any atom is -0.310 e. The van der Waals surface area contributed by atoms with Crippen LogP contribution in [0.15, 0.2) is 17.0 Å². The molecule has 7 heteroatoms. The summed E-state index contributed by atoms with van der Waals surface area (Å²) >= 11 is 12.2. The Morgan fingerprint density at radius 1 is 1.24 bits per heavy atom. The summed E-state index contributed by atoms with van der Waals surface area (Å²) in [5.41, 5.74) is 0.754. The molecule has 2 rings (SSSR count). The van der Waals surface area contributed by atoms with Gasteiger partial charge in [-0.2, -0.15) is 0 Å². The normalized spacial score (nSPS) is 15.4. The van der Waals surface area contributed by atoms with Gasteiger partial charge in [-0.1, -0.05) is 36.5 Å². The third-order valence-electron chi connectivity index (χ3n) is 3.37. The maximum atomic E-state index is 12.3. The molecule has 0 aromatic heterocycles. The number of unbranched alkanes of at least 4 members (excludes halogenated alkanes) is 1. The van der Waals surface area contributed by atoms with Crippen molar-refractivity contribution in [1.82, 2.24) is 10.0 Å². The zero-order valence-electron chi connectivity index (χ0n) is 12.0. The van der Waals surface area contributed by atoms with Crippen molar-refractivity contribution >= 4 is 33.2 Å². The first kappa shape index (κ1) is 17.0. The molecule has 1 fully saturated rings. The Morgan fingerprint density at radius 3 is 2.57 bits per heavy atom. The number of sulfonamides is 1. The summed E-state index contributed by atoms with van der Waals surface area (Å²) in [6.45, 7) is 2.97. The Morgan fingerprint density at radius 2 is 1.95 bits per heavy atom. The van der Waals surface area contributed by atoms with Crippen LogP contribution in [-0.2, 0) is 16.6 Å². The van der Waals surface area contributed by atoms with E-state index in [-0.39, 0.29) is 9.92 Å². The average molecular weight is 351 g/mol. The monoisotopic (exact) mass is 350 g/mol. The van der Waals surface area contributed by atoms with E-state index in [4.69, 9.17) is 23.2 Å². The number of benzene rings is 1. The highest BCUT2D eigenvalue weighted by molar-refractivity contribution is 7.89. The summed E-state index contributed by atoms with van der Waals surface area (Å²) in [5, 5.41) is 3.96. The van der Waals surface area contributed by atoms with Gasteiger partial charge in [0.05, 0.1) is 5.02 Å². The molecule has 4 nitrogen and oxygen atoms in total. The van der Waals surface area contributed by atoms with Crippen LogP contribution in [0.1, 0.15) is 38.2 Å². The van der Waals surface area contributed by atoms with E-state index in [9.17, 15) is 8.42 Å². The number of halogens is 2. The molecule has 0 atom stereocenters. The van der Waals surface area contributed by atoms with Crippen LogP contribution in [0, 0.1) is 0 Å². The van der Waals surface area contributed by atoms with Gasteiger partial charge in [0.2, 0.25) is 10.0 Å². The topological polar surface area (TPSA) is 58.2 Å². The van der Waals surface area contributed by atoms with Crippen molar-refractivity contribution in [2.75, 3.05) is 6.54 Å². The highest BCUT2D eigenvalue weighted by Crippen LogP contribution is 2.29. The maximum Gasteiger partial charge on any atom is 0.242 e. The van der Waals surface area contributed by atoms with E-state index in [1.807, 2.05) is 6.92 Å². The van der Waals surface area contributed by atoms with E-state index in [1.54, 1.807) is 6.07 Å². The smallest absolute Gasteiger partial charge is 0.242 e. The average Bonchev–Trinajstić information content (AvgIpc) is 3.21. The summed E-state index contributed by atoms with van der Waals surface area (Å²) in [5.74, 6) is 0. The van der Waals surface area contributed by atoms with Gasteiger partial charge >= 0.3 is 0 Å². The van der Waals surface area contributed by atoms with Gasteiger partial charge < -0.3 is 5.32 Å². The van der Waals surface area contributed by atoms with E-state index in [2.05, 4.69) is 10.0 Å². The largest absolute Gasteiger partial charge is 0.310 e. The third-order valence-corrected chi connectivity index (χ3v) is 5.65. The lowest BCUT2D eigenvalue weighted by Crippen LogP contribution is -2.25. The Kier molecular flexibility index (Phi) is 5.91. The fourth-order valence-electron chi connectivity index (χ4n) is 1.92. The lowest BCUT2D eigenvalue weighted by molar-refractivity contribution is 0.578. The first-order valence-electron chi connectivity index (χ1n) is 7.15. The molecule has 1 aliphatic carbocycles. The quantitative estimate of drug-likeness (QED) is 0.707. The van der Waals surface area contributed by atoms with Crippen LogP contribution in [-0.4, -0.2) is 21.0 Å². The predicted octanol–water partition coefficient (Wildman–Crippen LogP) is 3.32. The lowest BCUT2D eigenvalue weighted by Gasteiger charge is -2.12. The Balaban J connectivity index is 2.18. The molecule has 1 saturated carbocycles. The standard InChI is InChI=1S/C14H20Cl2N2O2S/c1-2-3-6-18-21(19,20)14-7-10(9-17-11-4-5-11)12(15)8-13(14)16/h7-8,11,17-18H,2-6,9H2,1H3. The second kappa shape index (κ2) is 7.29. The van der Waals surface area contributed by atoms with E-state index < -0.39 is 10.0 Å². The van der Waals surface area contributed by atoms with E-state index in [0.717, 1.165) is 31.2 Å². The minimum atomic E-state index is -3.59. The first-order valence-corrected chi connectivity index (χ1v) is 9.39. The van der Waals surface area contributed by atoms with Gasteiger partial charge in [0.1, 0.15) is 4.90 Å². The fraction of sp³-hybridized carbons (Fsp3) is 0.571. The molecule has 0 heterocycles. The van der Waals surface area contributed by atoms with E-state index in [1.165, 1.54) is 6.07 Å². The van der Waals surface area contributed by atoms with Gasteiger partial charge in [0, 0.05) is 24.2 Å². The maximum absolute atomic E-state index is 12.3. The van der Waals surface area contributed by atoms with Crippen LogP contribution in [0.3, 0.4) is 0 Å². The second-order valence-corrected chi connectivity index (χ2v) is 7.83. The molecule has 0 spiro atoms. The summed E-state index contributed by atoms with van der Waals surface area (Å²) in [6.07, 6.45) is 4.04. The molecular weight excluding hydrogens is 331 g/mol. The van der Waals surface area contributed by atoms with E-state index >= 15 is 0 Å². The Hall–Kier alpha value is -0.330. The van der Waals surface area contributed by atoms with Crippen molar-refractivity contribution in [2.45, 2.75) is 50.1 Å². The van der Waals surface area contributed by atoms with E-state index in [0.29, 0.717) is 24.2 Å². The molecule has 0 aliphatic heterocycles. The van der Waals surface area contributed by atoms with Gasteiger partial charge in [0.25, 0.3) is 0 Å². The zero-order valence-corrected chi connectivity index (χ0v) is 14.3. The van der Waals surface area contributed by atoms with Gasteiger partial charge in [0.15, 0.2) is 0 Å². The molecule has 0 radical (unpaired) electrons. The van der Waals surface area contributed by atoms with Crippen LogP contribution in [0.4, 0.5) is 0 Å². The molecule has 0 unspecified atom stereocenters. The molecule has 0 saturated heterocycles. The van der Waals surface area contributed by atoms with Crippen molar-refractivity contribution in [3.05, 3.63) is 27.7 Å². The highest BCUT2D eigenvalue weighted by Gasteiger charge is 2.23. The van der Waals surface area contributed by atoms with Crippen molar-refractivity contribution in [1.29, 1.82) is 0 Å². The summed E-state index contributed by atoms with van der Waals surface area (Å²) < 4.78 is 27.1. The van der Waals surface area contributed by atoms with Gasteiger partial charge in [-0.15, -0.1) is 0 Å². The lowest BCUT2D eigenvalue weighted by atomic mass is 10.2. The SMILES string of the molecule is CCCCNS(=O)(=O)c1cc(CNC2CC2)c(Cl)cc1Cl. The molecule has 21 heavy (non-hydrogen) atoms. The molecular formula is C14H20Cl2N2O2S. The van der Waals surface area contributed by atoms with Crippen molar-refractivity contribution in [3.8, 4) is 0 Å². The first-order chi connectivity index (χ1) is 9.94. The van der Waals surface area contributed by atoms with Crippen molar-refractivity contribution < 1.29 is 8.42 Å². The Bertz CT molecular complexity index is 601. The van der Waals surface area contributed by atoms with Gasteiger partial charge in [-0.25, -0.2) is 13.1 Å². The zero-order chi connectivity index (χ0) is 15.5. The highest BCUT2D eigenvalue weighted by atomic mass is 35.5. The molecule has 1 aliphatic rings. The fourth-order valence-corrected chi connectivity index (χ4v) is 3.85. The molecule has 0 amide bonds. The molecule has 1 aromatic carbocycles. The van der Waals surface area contributed by atoms with Crippen molar-refractivity contribution in [2.24, 2.45) is 0 Å². The van der Waals surface area contributed by atoms with Gasteiger partial charge in [-0.3, -0.25) is 0 Å². The summed E-state index contributed by atoms with van der Waals surface area (Å²) in [6, 6.07) is 3.59. The van der Waals surface area contributed by atoms with Gasteiger partial charge in [-0.05, 0) is 37.0 Å². The number of hydrogen-bond donors (Lipinski definition) is 2. The number of rotatable bonds is 8. The predicted molar refractivity (Wildman–Crippen MR) is 86.4 cm³/mol. The minimum absolute atomic E-state index is 0.0947. The van der Waals surface area contributed by atoms with Crippen LogP contribution in [0.2, 0.25) is 10.0 Å². The molecule has 118 valence electrons.